The number of aliphatic hydroxyl groups is 1. The van der Waals surface area contributed by atoms with E-state index in [4.69, 9.17) is 0 Å². The molecule has 228 valence electrons. The van der Waals surface area contributed by atoms with Crippen molar-refractivity contribution in [2.24, 2.45) is 93.2 Å². The summed E-state index contributed by atoms with van der Waals surface area (Å²) in [6.07, 6.45) is 10.3. The highest BCUT2D eigenvalue weighted by atomic mass is 16.3. The van der Waals surface area contributed by atoms with Gasteiger partial charge in [0.1, 0.15) is 0 Å². The Labute approximate surface area is 245 Å². The van der Waals surface area contributed by atoms with Crippen molar-refractivity contribution in [2.45, 2.75) is 147 Å². The Morgan fingerprint density at radius 2 is 1.51 bits per heavy atom. The molecule has 0 bridgehead atoms. The molecule has 4 saturated carbocycles. The monoisotopic (exact) mass is 543 g/mol. The lowest BCUT2D eigenvalue weighted by atomic mass is 9.29. The van der Waals surface area contributed by atoms with Crippen molar-refractivity contribution in [3.8, 4) is 0 Å². The lowest BCUT2D eigenvalue weighted by molar-refractivity contribution is -0.306. The van der Waals surface area contributed by atoms with Gasteiger partial charge in [-0.1, -0.05) is 116 Å². The first-order valence-corrected chi connectivity index (χ1v) is 17.9. The highest BCUT2D eigenvalue weighted by Crippen LogP contribution is 2.77. The Hall–Kier alpha value is -0.0400. The molecule has 14 unspecified atom stereocenters. The Morgan fingerprint density at radius 1 is 0.872 bits per heavy atom. The van der Waals surface area contributed by atoms with Gasteiger partial charge < -0.3 is 5.11 Å². The topological polar surface area (TPSA) is 20.2 Å². The molecule has 1 heteroatoms. The molecule has 0 heterocycles. The van der Waals surface area contributed by atoms with Gasteiger partial charge in [-0.25, -0.2) is 0 Å². The van der Waals surface area contributed by atoms with Gasteiger partial charge in [0.2, 0.25) is 0 Å². The van der Waals surface area contributed by atoms with Gasteiger partial charge in [0, 0.05) is 5.41 Å². The smallest absolute Gasteiger partial charge is 0.0637 e. The van der Waals surface area contributed by atoms with E-state index in [0.717, 1.165) is 47.8 Å². The van der Waals surface area contributed by atoms with Crippen molar-refractivity contribution in [3.05, 3.63) is 0 Å². The van der Waals surface area contributed by atoms with Crippen LogP contribution in [0.1, 0.15) is 141 Å². The molecule has 0 amide bonds. The fourth-order valence-electron chi connectivity index (χ4n) is 14.5. The van der Waals surface area contributed by atoms with Gasteiger partial charge in [0.25, 0.3) is 0 Å². The number of aliphatic hydroxyl groups excluding tert-OH is 1. The summed E-state index contributed by atoms with van der Waals surface area (Å²) >= 11 is 0. The molecule has 0 saturated heterocycles. The molecule has 0 radical (unpaired) electrons. The first kappa shape index (κ1) is 31.9. The fourth-order valence-corrected chi connectivity index (χ4v) is 14.5. The average molecular weight is 543 g/mol. The molecule has 0 aromatic rings. The molecule has 4 aliphatic rings. The maximum absolute atomic E-state index is 12.9. The van der Waals surface area contributed by atoms with Crippen LogP contribution in [0.25, 0.3) is 0 Å². The molecule has 4 fully saturated rings. The van der Waals surface area contributed by atoms with Crippen LogP contribution in [0.5, 0.6) is 0 Å². The lowest BCUT2D eigenvalue weighted by Crippen LogP contribution is -2.73. The van der Waals surface area contributed by atoms with Crippen LogP contribution < -0.4 is 0 Å². The molecule has 0 spiro atoms. The van der Waals surface area contributed by atoms with Crippen LogP contribution in [-0.4, -0.2) is 11.2 Å². The van der Waals surface area contributed by atoms with Gasteiger partial charge in [-0.15, -0.1) is 0 Å². The van der Waals surface area contributed by atoms with Crippen molar-refractivity contribution in [1.29, 1.82) is 0 Å². The van der Waals surface area contributed by atoms with Crippen LogP contribution in [0.2, 0.25) is 0 Å². The highest BCUT2D eigenvalue weighted by Gasteiger charge is 2.73. The van der Waals surface area contributed by atoms with Crippen molar-refractivity contribution in [2.75, 3.05) is 0 Å². The number of fused-ring (bicyclic) bond motifs is 3. The summed E-state index contributed by atoms with van der Waals surface area (Å²) in [6, 6.07) is 0. The van der Waals surface area contributed by atoms with Crippen LogP contribution in [0.15, 0.2) is 0 Å². The van der Waals surface area contributed by atoms with Gasteiger partial charge in [-0.3, -0.25) is 0 Å². The zero-order chi connectivity index (χ0) is 29.2. The first-order chi connectivity index (χ1) is 18.2. The molecule has 39 heavy (non-hydrogen) atoms. The van der Waals surface area contributed by atoms with Gasteiger partial charge in [-0.2, -0.15) is 0 Å². The minimum absolute atomic E-state index is 0.0249. The minimum Gasteiger partial charge on any atom is -0.392 e. The molecule has 15 atom stereocenters. The van der Waals surface area contributed by atoms with Gasteiger partial charge in [0.15, 0.2) is 0 Å². The van der Waals surface area contributed by atoms with Crippen molar-refractivity contribution >= 4 is 0 Å². The Kier molecular flexibility index (Phi) is 9.18. The van der Waals surface area contributed by atoms with Crippen LogP contribution in [0.4, 0.5) is 0 Å². The third-order valence-corrected chi connectivity index (χ3v) is 15.2. The molecule has 0 aromatic heterocycles. The standard InChI is InChI=1S/C38H70O/c1-14-24(9)32-27(15-2)33(23(7)8)37(13)21-36(12)20-29-28(22(5)6)19-18-25(10)31(29)26(11)34(36)30(16-3)38(37,17-4)35(32)39/h22-35,39H,14-21H2,1-13H3/t24?,25?,26?,27?,28?,29?,30?,31?,32?,33?,34?,35?,36?,37-,38?/m1/s1. The third-order valence-electron chi connectivity index (χ3n) is 15.2. The van der Waals surface area contributed by atoms with Crippen LogP contribution in [-0.2, 0) is 0 Å². The first-order valence-electron chi connectivity index (χ1n) is 17.9. The summed E-state index contributed by atoms with van der Waals surface area (Å²) in [5.74, 6) is 9.43. The lowest BCUT2D eigenvalue weighted by Gasteiger charge is -2.76. The molecule has 0 aromatic carbocycles. The Balaban J connectivity index is 1.94. The van der Waals surface area contributed by atoms with E-state index in [-0.39, 0.29) is 16.9 Å². The van der Waals surface area contributed by atoms with Crippen molar-refractivity contribution < 1.29 is 5.11 Å². The Morgan fingerprint density at radius 3 is 2.00 bits per heavy atom. The van der Waals surface area contributed by atoms with E-state index in [2.05, 4.69) is 90.0 Å². The van der Waals surface area contributed by atoms with E-state index < -0.39 is 0 Å². The van der Waals surface area contributed by atoms with E-state index in [9.17, 15) is 5.11 Å². The largest absolute Gasteiger partial charge is 0.392 e. The molecular weight excluding hydrogens is 472 g/mol. The third kappa shape index (κ3) is 4.37. The van der Waals surface area contributed by atoms with E-state index in [1.165, 1.54) is 44.9 Å². The number of hydrogen-bond donors (Lipinski definition) is 1. The fraction of sp³-hybridized carbons (Fsp3) is 1.00. The second kappa shape index (κ2) is 11.2. The molecule has 1 nitrogen and oxygen atoms in total. The zero-order valence-electron chi connectivity index (χ0n) is 28.7. The highest BCUT2D eigenvalue weighted by molar-refractivity contribution is 5.21. The van der Waals surface area contributed by atoms with Crippen molar-refractivity contribution in [1.82, 2.24) is 0 Å². The Bertz CT molecular complexity index is 831. The maximum atomic E-state index is 12.9. The maximum Gasteiger partial charge on any atom is 0.0637 e. The summed E-state index contributed by atoms with van der Waals surface area (Å²) in [6.45, 7) is 33.2. The van der Waals surface area contributed by atoms with Gasteiger partial charge in [-0.05, 0) is 113 Å². The van der Waals surface area contributed by atoms with Gasteiger partial charge in [0.05, 0.1) is 6.10 Å². The minimum atomic E-state index is -0.172. The van der Waals surface area contributed by atoms with Crippen molar-refractivity contribution in [3.63, 3.8) is 0 Å². The molecule has 0 aliphatic heterocycles. The quantitative estimate of drug-likeness (QED) is 0.339. The van der Waals surface area contributed by atoms with E-state index >= 15 is 0 Å². The second-order valence-electron chi connectivity index (χ2n) is 17.2. The normalized spacial score (nSPS) is 52.8. The summed E-state index contributed by atoms with van der Waals surface area (Å²) in [5.41, 5.74) is 0.594. The van der Waals surface area contributed by atoms with Crippen LogP contribution in [0, 0.1) is 93.2 Å². The SMILES string of the molecule is CCC(C)C1C(CC)C(C(C)C)[C@@]2(C)CC3(C)CC4C(C(C)C)CCC(C)C4C(C)C3C(CC)C2(CC)C1O. The molecule has 1 N–H and O–H groups in total. The van der Waals surface area contributed by atoms with Crippen LogP contribution in [0.3, 0.4) is 0 Å². The summed E-state index contributed by atoms with van der Waals surface area (Å²) in [4.78, 5) is 0. The van der Waals surface area contributed by atoms with Crippen LogP contribution >= 0.6 is 0 Å². The summed E-state index contributed by atoms with van der Waals surface area (Å²) in [7, 11) is 0. The molecule has 4 rings (SSSR count). The predicted molar refractivity (Wildman–Crippen MR) is 169 cm³/mol. The molecule has 4 aliphatic carbocycles. The zero-order valence-corrected chi connectivity index (χ0v) is 28.7. The summed E-state index contributed by atoms with van der Waals surface area (Å²) in [5, 5.41) is 12.9. The predicted octanol–water partition coefficient (Wildman–Crippen LogP) is 10.8. The molecular formula is C38H70O. The number of rotatable bonds is 7. The van der Waals surface area contributed by atoms with Gasteiger partial charge >= 0.3 is 0 Å². The van der Waals surface area contributed by atoms with E-state index in [1.54, 1.807) is 0 Å². The van der Waals surface area contributed by atoms with E-state index in [1.807, 2.05) is 0 Å². The number of hydrogen-bond acceptors (Lipinski definition) is 1. The summed E-state index contributed by atoms with van der Waals surface area (Å²) < 4.78 is 0. The average Bonchev–Trinajstić information content (AvgIpc) is 2.85. The second-order valence-corrected chi connectivity index (χ2v) is 17.2. The van der Waals surface area contributed by atoms with E-state index in [0.29, 0.717) is 40.9 Å².